The molecule has 0 spiro atoms. The molecule has 1 heterocycles. The van der Waals surface area contributed by atoms with E-state index in [1.807, 2.05) is 6.07 Å². The van der Waals surface area contributed by atoms with Crippen LogP contribution in [0.15, 0.2) is 24.3 Å². The lowest BCUT2D eigenvalue weighted by atomic mass is 9.83. The van der Waals surface area contributed by atoms with Gasteiger partial charge in [0.1, 0.15) is 0 Å². The van der Waals surface area contributed by atoms with Gasteiger partial charge in [0.15, 0.2) is 0 Å². The first-order valence-corrected chi connectivity index (χ1v) is 7.39. The first-order chi connectivity index (χ1) is 9.38. The summed E-state index contributed by atoms with van der Waals surface area (Å²) < 4.78 is 0. The molecule has 1 N–H and O–H groups in total. The second-order valence-corrected chi connectivity index (χ2v) is 6.69. The summed E-state index contributed by atoms with van der Waals surface area (Å²) in [6, 6.07) is 8.51. The molecule has 0 aromatic heterocycles. The molecule has 0 saturated carbocycles. The van der Waals surface area contributed by atoms with E-state index in [-0.39, 0.29) is 0 Å². The molecule has 0 unspecified atom stereocenters. The van der Waals surface area contributed by atoms with Gasteiger partial charge in [0.2, 0.25) is 0 Å². The van der Waals surface area contributed by atoms with Gasteiger partial charge in [0.05, 0.1) is 5.41 Å². The fraction of sp³-hybridized carbons (Fsp3) is 0.588. The first-order valence-electron chi connectivity index (χ1n) is 7.39. The monoisotopic (exact) mass is 275 g/mol. The molecular weight excluding hydrogens is 250 g/mol. The van der Waals surface area contributed by atoms with E-state index in [1.54, 1.807) is 13.8 Å². The molecular formula is C17H25NO2. The number of carboxylic acids is 1. The van der Waals surface area contributed by atoms with E-state index in [1.165, 1.54) is 18.4 Å². The van der Waals surface area contributed by atoms with Crippen LogP contribution in [0.1, 0.15) is 43.7 Å². The summed E-state index contributed by atoms with van der Waals surface area (Å²) in [4.78, 5) is 13.6. The number of likely N-dealkylation sites (tertiary alicyclic amines) is 1. The van der Waals surface area contributed by atoms with Crippen LogP contribution in [0.2, 0.25) is 0 Å². The van der Waals surface area contributed by atoms with Gasteiger partial charge in [-0.05, 0) is 70.3 Å². The highest BCUT2D eigenvalue weighted by molar-refractivity contribution is 5.74. The molecule has 0 aliphatic carbocycles. The van der Waals surface area contributed by atoms with Crippen LogP contribution in [0.3, 0.4) is 0 Å². The zero-order chi connectivity index (χ0) is 14.8. The molecule has 1 aliphatic rings. The number of aliphatic carboxylic acids is 1. The standard InChI is InChI=1S/C17H25NO2/c1-17(2,16(19)20)12-13-5-4-6-15(11-13)14-7-9-18(3)10-8-14/h4-6,11,14H,7-10,12H2,1-3H3,(H,19,20). The van der Waals surface area contributed by atoms with Gasteiger partial charge in [-0.2, -0.15) is 0 Å². The first kappa shape index (κ1) is 15.0. The van der Waals surface area contributed by atoms with Gasteiger partial charge < -0.3 is 10.0 Å². The summed E-state index contributed by atoms with van der Waals surface area (Å²) in [5.74, 6) is -0.110. The number of rotatable bonds is 4. The predicted octanol–water partition coefficient (Wildman–Crippen LogP) is 3.15. The summed E-state index contributed by atoms with van der Waals surface area (Å²) >= 11 is 0. The number of nitrogens with zero attached hydrogens (tertiary/aromatic N) is 1. The zero-order valence-electron chi connectivity index (χ0n) is 12.7. The lowest BCUT2D eigenvalue weighted by Crippen LogP contribution is -2.29. The second-order valence-electron chi connectivity index (χ2n) is 6.69. The van der Waals surface area contributed by atoms with Gasteiger partial charge in [-0.3, -0.25) is 4.79 Å². The van der Waals surface area contributed by atoms with E-state index in [2.05, 4.69) is 30.1 Å². The number of hydrogen-bond donors (Lipinski definition) is 1. The van der Waals surface area contributed by atoms with Crippen LogP contribution in [0.5, 0.6) is 0 Å². The summed E-state index contributed by atoms with van der Waals surface area (Å²) in [5.41, 5.74) is 1.80. The minimum Gasteiger partial charge on any atom is -0.481 e. The number of carboxylic acid groups (broad SMARTS) is 1. The van der Waals surface area contributed by atoms with Crippen molar-refractivity contribution < 1.29 is 9.90 Å². The summed E-state index contributed by atoms with van der Waals surface area (Å²) in [6.07, 6.45) is 2.98. The Balaban J connectivity index is 2.10. The Morgan fingerprint density at radius 1 is 1.35 bits per heavy atom. The highest BCUT2D eigenvalue weighted by Gasteiger charge is 2.27. The highest BCUT2D eigenvalue weighted by atomic mass is 16.4. The van der Waals surface area contributed by atoms with E-state index in [9.17, 15) is 9.90 Å². The van der Waals surface area contributed by atoms with Crippen molar-refractivity contribution in [2.24, 2.45) is 5.41 Å². The van der Waals surface area contributed by atoms with E-state index >= 15 is 0 Å². The van der Waals surface area contributed by atoms with Gasteiger partial charge >= 0.3 is 5.97 Å². The zero-order valence-corrected chi connectivity index (χ0v) is 12.7. The summed E-state index contributed by atoms with van der Waals surface area (Å²) in [5, 5.41) is 9.24. The van der Waals surface area contributed by atoms with Crippen LogP contribution in [0.4, 0.5) is 0 Å². The second kappa shape index (κ2) is 5.96. The Bertz CT molecular complexity index is 474. The van der Waals surface area contributed by atoms with Crippen LogP contribution in [0, 0.1) is 5.41 Å². The number of carbonyl (C=O) groups is 1. The summed E-state index contributed by atoms with van der Waals surface area (Å²) in [6.45, 7) is 5.88. The third kappa shape index (κ3) is 3.60. The topological polar surface area (TPSA) is 40.5 Å². The predicted molar refractivity (Wildman–Crippen MR) is 81.0 cm³/mol. The van der Waals surface area contributed by atoms with E-state index in [0.29, 0.717) is 12.3 Å². The molecule has 1 aliphatic heterocycles. The number of benzene rings is 1. The number of hydrogen-bond acceptors (Lipinski definition) is 2. The Morgan fingerprint density at radius 3 is 2.60 bits per heavy atom. The highest BCUT2D eigenvalue weighted by Crippen LogP contribution is 2.29. The van der Waals surface area contributed by atoms with Gasteiger partial charge in [-0.15, -0.1) is 0 Å². The molecule has 0 bridgehead atoms. The van der Waals surface area contributed by atoms with Gasteiger partial charge in [0, 0.05) is 0 Å². The Labute approximate surface area is 121 Å². The van der Waals surface area contributed by atoms with Crippen molar-refractivity contribution in [1.82, 2.24) is 4.90 Å². The van der Waals surface area contributed by atoms with Crippen LogP contribution in [-0.4, -0.2) is 36.1 Å². The van der Waals surface area contributed by atoms with Crippen LogP contribution < -0.4 is 0 Å². The van der Waals surface area contributed by atoms with Crippen molar-refractivity contribution in [3.63, 3.8) is 0 Å². The molecule has 0 amide bonds. The van der Waals surface area contributed by atoms with E-state index < -0.39 is 11.4 Å². The molecule has 20 heavy (non-hydrogen) atoms. The van der Waals surface area contributed by atoms with Crippen molar-refractivity contribution in [1.29, 1.82) is 0 Å². The summed E-state index contributed by atoms with van der Waals surface area (Å²) in [7, 11) is 2.17. The normalized spacial score (nSPS) is 18.1. The van der Waals surface area contributed by atoms with Crippen molar-refractivity contribution in [3.05, 3.63) is 35.4 Å². The lowest BCUT2D eigenvalue weighted by molar-refractivity contribution is -0.146. The largest absolute Gasteiger partial charge is 0.481 e. The molecule has 1 aromatic rings. The Hall–Kier alpha value is -1.35. The van der Waals surface area contributed by atoms with Crippen LogP contribution in [0.25, 0.3) is 0 Å². The minimum absolute atomic E-state index is 0.586. The molecule has 2 rings (SSSR count). The van der Waals surface area contributed by atoms with Gasteiger partial charge in [-0.25, -0.2) is 0 Å². The average Bonchev–Trinajstić information content (AvgIpc) is 2.39. The van der Waals surface area contributed by atoms with Crippen molar-refractivity contribution in [3.8, 4) is 0 Å². The molecule has 1 fully saturated rings. The van der Waals surface area contributed by atoms with Crippen LogP contribution >= 0.6 is 0 Å². The average molecular weight is 275 g/mol. The maximum atomic E-state index is 11.2. The number of piperidine rings is 1. The molecule has 3 nitrogen and oxygen atoms in total. The van der Waals surface area contributed by atoms with Crippen molar-refractivity contribution in [2.45, 2.75) is 39.0 Å². The molecule has 3 heteroatoms. The third-order valence-electron chi connectivity index (χ3n) is 4.37. The molecule has 0 atom stereocenters. The maximum absolute atomic E-state index is 11.2. The maximum Gasteiger partial charge on any atom is 0.309 e. The van der Waals surface area contributed by atoms with Crippen molar-refractivity contribution >= 4 is 5.97 Å². The fourth-order valence-electron chi connectivity index (χ4n) is 2.88. The third-order valence-corrected chi connectivity index (χ3v) is 4.37. The lowest BCUT2D eigenvalue weighted by Gasteiger charge is -2.29. The van der Waals surface area contributed by atoms with Crippen molar-refractivity contribution in [2.75, 3.05) is 20.1 Å². The Kier molecular flexibility index (Phi) is 4.48. The molecule has 0 radical (unpaired) electrons. The van der Waals surface area contributed by atoms with E-state index in [4.69, 9.17) is 0 Å². The molecule has 1 saturated heterocycles. The minimum atomic E-state index is -0.734. The Morgan fingerprint density at radius 2 is 2.00 bits per heavy atom. The fourth-order valence-corrected chi connectivity index (χ4v) is 2.88. The van der Waals surface area contributed by atoms with E-state index in [0.717, 1.165) is 18.7 Å². The molecule has 1 aromatic carbocycles. The smallest absolute Gasteiger partial charge is 0.309 e. The van der Waals surface area contributed by atoms with Gasteiger partial charge in [-0.1, -0.05) is 24.3 Å². The quantitative estimate of drug-likeness (QED) is 0.917. The SMILES string of the molecule is CN1CCC(c2cccc(CC(C)(C)C(=O)O)c2)CC1. The van der Waals surface area contributed by atoms with Crippen LogP contribution in [-0.2, 0) is 11.2 Å². The molecule has 110 valence electrons. The van der Waals surface area contributed by atoms with Gasteiger partial charge in [0.25, 0.3) is 0 Å².